The first-order valence-electron chi connectivity index (χ1n) is 8.14. The first-order chi connectivity index (χ1) is 11.6. The molecule has 2 aliphatic rings. The van der Waals surface area contributed by atoms with Crippen molar-refractivity contribution in [2.24, 2.45) is 5.92 Å². The molecular formula is C18H21NO5. The van der Waals surface area contributed by atoms with E-state index in [0.29, 0.717) is 24.5 Å². The van der Waals surface area contributed by atoms with Gasteiger partial charge in [-0.3, -0.25) is 9.59 Å². The number of carbonyl (C=O) groups excluding carboxylic acids is 2. The second-order valence-corrected chi connectivity index (χ2v) is 6.01. The molecule has 0 unspecified atom stereocenters. The number of fused-ring (bicyclic) bond motifs is 1. The zero-order valence-corrected chi connectivity index (χ0v) is 13.6. The molecule has 1 N–H and O–H groups in total. The van der Waals surface area contributed by atoms with Crippen LogP contribution in [0, 0.1) is 5.92 Å². The number of esters is 1. The largest absolute Gasteiger partial charge is 0.454 e. The van der Waals surface area contributed by atoms with Gasteiger partial charge in [0.2, 0.25) is 6.79 Å². The van der Waals surface area contributed by atoms with Gasteiger partial charge in [0, 0.05) is 6.54 Å². The lowest BCUT2D eigenvalue weighted by Crippen LogP contribution is -2.35. The van der Waals surface area contributed by atoms with E-state index in [4.69, 9.17) is 14.2 Å². The summed E-state index contributed by atoms with van der Waals surface area (Å²) in [4.78, 5) is 23.9. The van der Waals surface area contributed by atoms with Crippen LogP contribution in [0.4, 0.5) is 0 Å². The Morgan fingerprint density at radius 2 is 2.17 bits per heavy atom. The molecule has 0 spiro atoms. The number of rotatable bonds is 6. The van der Waals surface area contributed by atoms with Crippen LogP contribution in [0.5, 0.6) is 11.5 Å². The lowest BCUT2D eigenvalue weighted by atomic mass is 10.1. The van der Waals surface area contributed by atoms with E-state index in [-0.39, 0.29) is 24.6 Å². The Balaban J connectivity index is 1.44. The molecule has 0 fully saturated rings. The Morgan fingerprint density at radius 3 is 2.96 bits per heavy atom. The van der Waals surface area contributed by atoms with Gasteiger partial charge in [-0.2, -0.15) is 0 Å². The lowest BCUT2D eigenvalue weighted by Gasteiger charge is -2.15. The average molecular weight is 331 g/mol. The van der Waals surface area contributed by atoms with Crippen molar-refractivity contribution in [1.29, 1.82) is 0 Å². The molecule has 1 heterocycles. The normalized spacial score (nSPS) is 19.1. The summed E-state index contributed by atoms with van der Waals surface area (Å²) in [6, 6.07) is 5.49. The Morgan fingerprint density at radius 1 is 1.33 bits per heavy atom. The number of hydrogen-bond donors (Lipinski definition) is 1. The van der Waals surface area contributed by atoms with Crippen LogP contribution in [-0.2, 0) is 20.9 Å². The molecule has 1 aromatic carbocycles. The highest BCUT2D eigenvalue weighted by molar-refractivity contribution is 5.83. The summed E-state index contributed by atoms with van der Waals surface area (Å²) in [7, 11) is 0. The second kappa shape index (κ2) is 7.38. The molecular weight excluding hydrogens is 310 g/mol. The van der Waals surface area contributed by atoms with Crippen LogP contribution < -0.4 is 14.8 Å². The molecule has 128 valence electrons. The van der Waals surface area contributed by atoms with E-state index < -0.39 is 6.10 Å². The quantitative estimate of drug-likeness (QED) is 0.640. The fourth-order valence-electron chi connectivity index (χ4n) is 2.76. The topological polar surface area (TPSA) is 73.9 Å². The van der Waals surface area contributed by atoms with E-state index in [9.17, 15) is 9.59 Å². The van der Waals surface area contributed by atoms with Gasteiger partial charge in [-0.1, -0.05) is 18.2 Å². The number of carbonyl (C=O) groups is 2. The van der Waals surface area contributed by atoms with Gasteiger partial charge in [-0.05, 0) is 43.4 Å². The van der Waals surface area contributed by atoms with Gasteiger partial charge < -0.3 is 19.5 Å². The van der Waals surface area contributed by atoms with Gasteiger partial charge in [0.1, 0.15) is 0 Å². The third-order valence-electron chi connectivity index (χ3n) is 4.12. The first kappa shape index (κ1) is 16.4. The summed E-state index contributed by atoms with van der Waals surface area (Å²) in [5.74, 6) is 0.959. The second-order valence-electron chi connectivity index (χ2n) is 6.01. The molecule has 3 rings (SSSR count). The summed E-state index contributed by atoms with van der Waals surface area (Å²) in [5.41, 5.74) is 0.891. The van der Waals surface area contributed by atoms with Crippen LogP contribution in [0.15, 0.2) is 30.4 Å². The number of ether oxygens (including phenoxy) is 3. The van der Waals surface area contributed by atoms with Crippen LogP contribution in [0.2, 0.25) is 0 Å². The maximum Gasteiger partial charge on any atom is 0.307 e. The summed E-state index contributed by atoms with van der Waals surface area (Å²) < 4.78 is 15.8. The van der Waals surface area contributed by atoms with E-state index >= 15 is 0 Å². The highest BCUT2D eigenvalue weighted by Gasteiger charge is 2.21. The molecule has 1 aromatic rings. The molecule has 0 saturated heterocycles. The number of nitrogens with one attached hydrogen (secondary N) is 1. The molecule has 1 aliphatic carbocycles. The summed E-state index contributed by atoms with van der Waals surface area (Å²) in [6.07, 6.45) is 5.60. The van der Waals surface area contributed by atoms with Gasteiger partial charge in [-0.15, -0.1) is 0 Å². The van der Waals surface area contributed by atoms with E-state index in [1.165, 1.54) is 0 Å². The third kappa shape index (κ3) is 4.07. The number of amides is 1. The number of benzene rings is 1. The molecule has 6 heteroatoms. The molecule has 24 heavy (non-hydrogen) atoms. The molecule has 0 saturated carbocycles. The Kier molecular flexibility index (Phi) is 5.03. The Labute approximate surface area is 140 Å². The number of allylic oxidation sites excluding steroid dienone is 2. The van der Waals surface area contributed by atoms with E-state index in [1.54, 1.807) is 6.92 Å². The molecule has 1 aliphatic heterocycles. The maximum absolute atomic E-state index is 12.1. The highest BCUT2D eigenvalue weighted by atomic mass is 16.7. The Hall–Kier alpha value is -2.50. The van der Waals surface area contributed by atoms with Crippen molar-refractivity contribution in [3.05, 3.63) is 35.9 Å². The van der Waals surface area contributed by atoms with Crippen LogP contribution in [0.1, 0.15) is 31.7 Å². The van der Waals surface area contributed by atoms with Gasteiger partial charge in [0.15, 0.2) is 17.6 Å². The first-order valence-corrected chi connectivity index (χ1v) is 8.14. The minimum Gasteiger partial charge on any atom is -0.454 e. The fourth-order valence-corrected chi connectivity index (χ4v) is 2.76. The van der Waals surface area contributed by atoms with Crippen LogP contribution >= 0.6 is 0 Å². The van der Waals surface area contributed by atoms with Gasteiger partial charge >= 0.3 is 5.97 Å². The zero-order valence-electron chi connectivity index (χ0n) is 13.6. The molecule has 0 radical (unpaired) electrons. The molecule has 1 amide bonds. The van der Waals surface area contributed by atoms with Gasteiger partial charge in [-0.25, -0.2) is 0 Å². The van der Waals surface area contributed by atoms with Crippen LogP contribution in [0.3, 0.4) is 0 Å². The Bertz CT molecular complexity index is 655. The van der Waals surface area contributed by atoms with Crippen molar-refractivity contribution >= 4 is 11.9 Å². The number of hydrogen-bond acceptors (Lipinski definition) is 5. The van der Waals surface area contributed by atoms with Crippen molar-refractivity contribution < 1.29 is 23.8 Å². The summed E-state index contributed by atoms with van der Waals surface area (Å²) >= 11 is 0. The lowest BCUT2D eigenvalue weighted by molar-refractivity contribution is -0.155. The SMILES string of the molecule is C[C@H](OC(=O)C[C@H]1C=CCC1)C(=O)NCc1ccc2c(c1)OCO2. The van der Waals surface area contributed by atoms with Crippen molar-refractivity contribution in [3.8, 4) is 11.5 Å². The van der Waals surface area contributed by atoms with Crippen LogP contribution in [0.25, 0.3) is 0 Å². The highest BCUT2D eigenvalue weighted by Crippen LogP contribution is 2.32. The zero-order chi connectivity index (χ0) is 16.9. The smallest absolute Gasteiger partial charge is 0.307 e. The predicted molar refractivity (Wildman–Crippen MR) is 86.4 cm³/mol. The van der Waals surface area contributed by atoms with Gasteiger partial charge in [0.05, 0.1) is 6.42 Å². The summed E-state index contributed by atoms with van der Waals surface area (Å²) in [5, 5.41) is 2.76. The van der Waals surface area contributed by atoms with Gasteiger partial charge in [0.25, 0.3) is 5.91 Å². The van der Waals surface area contributed by atoms with Crippen molar-refractivity contribution in [1.82, 2.24) is 5.32 Å². The monoisotopic (exact) mass is 331 g/mol. The molecule has 0 bridgehead atoms. The van der Waals surface area contributed by atoms with Crippen molar-refractivity contribution in [2.75, 3.05) is 6.79 Å². The van der Waals surface area contributed by atoms with E-state index in [0.717, 1.165) is 18.4 Å². The minimum absolute atomic E-state index is 0.217. The third-order valence-corrected chi connectivity index (χ3v) is 4.12. The van der Waals surface area contributed by atoms with Crippen molar-refractivity contribution in [2.45, 2.75) is 38.8 Å². The minimum atomic E-state index is -0.808. The molecule has 6 nitrogen and oxygen atoms in total. The molecule has 0 aromatic heterocycles. The standard InChI is InChI=1S/C18H21NO5/c1-12(24-17(20)9-13-4-2-3-5-13)18(21)19-10-14-6-7-15-16(8-14)23-11-22-15/h2,4,6-8,12-13H,3,5,9-11H2,1H3,(H,19,21)/t12-,13-/m0/s1. The predicted octanol–water partition coefficient (Wildman–Crippen LogP) is 2.32. The molecule has 2 atom stereocenters. The van der Waals surface area contributed by atoms with E-state index in [1.807, 2.05) is 24.3 Å². The summed E-state index contributed by atoms with van der Waals surface area (Å²) in [6.45, 7) is 2.13. The maximum atomic E-state index is 12.1. The van der Waals surface area contributed by atoms with Crippen molar-refractivity contribution in [3.63, 3.8) is 0 Å². The van der Waals surface area contributed by atoms with E-state index in [2.05, 4.69) is 11.4 Å². The average Bonchev–Trinajstić information content (AvgIpc) is 3.23. The fraction of sp³-hybridized carbons (Fsp3) is 0.444. The van der Waals surface area contributed by atoms with Crippen LogP contribution in [-0.4, -0.2) is 24.8 Å².